The van der Waals surface area contributed by atoms with Gasteiger partial charge in [-0.3, -0.25) is 19.5 Å². The maximum absolute atomic E-state index is 14.4. The van der Waals surface area contributed by atoms with Gasteiger partial charge < -0.3 is 50.2 Å². The number of ketones is 1. The summed E-state index contributed by atoms with van der Waals surface area (Å²) < 4.78 is 17.8. The molecule has 15 nitrogen and oxygen atoms in total. The lowest BCUT2D eigenvalue weighted by molar-refractivity contribution is -0.112. The van der Waals surface area contributed by atoms with Crippen molar-refractivity contribution < 1.29 is 54.4 Å². The third-order valence-corrected chi connectivity index (χ3v) is 13.3. The number of aliphatic hydroxyl groups is 3. The van der Waals surface area contributed by atoms with Crippen molar-refractivity contribution in [3.63, 3.8) is 0 Å². The van der Waals surface area contributed by atoms with Crippen LogP contribution >= 0.6 is 0 Å². The predicted molar refractivity (Wildman–Crippen MR) is 227 cm³/mol. The predicted octanol–water partition coefficient (Wildman–Crippen LogP) is 5.08. The van der Waals surface area contributed by atoms with E-state index in [0.717, 1.165) is 13.1 Å². The highest BCUT2D eigenvalue weighted by Gasteiger charge is 2.50. The van der Waals surface area contributed by atoms with Crippen LogP contribution in [0.4, 0.5) is 5.69 Å². The first kappa shape index (κ1) is 44.9. The number of carbonyl (C=O) groups is 2. The van der Waals surface area contributed by atoms with Crippen LogP contribution in [0.1, 0.15) is 88.7 Å². The van der Waals surface area contributed by atoms with Crippen LogP contribution in [-0.4, -0.2) is 128 Å². The van der Waals surface area contributed by atoms with Gasteiger partial charge in [0, 0.05) is 86.4 Å². The number of methoxy groups -OCH3 is 1. The highest BCUT2D eigenvalue weighted by molar-refractivity contribution is 6.23. The summed E-state index contributed by atoms with van der Waals surface area (Å²) in [4.78, 5) is 30.7. The van der Waals surface area contributed by atoms with E-state index in [1.165, 1.54) is 71.3 Å². The van der Waals surface area contributed by atoms with Crippen LogP contribution in [-0.2, 0) is 14.3 Å². The van der Waals surface area contributed by atoms with Crippen LogP contribution in [0.5, 0.6) is 23.0 Å². The molecule has 1 saturated carbocycles. The number of hydrogen-bond donors (Lipinski definition) is 7. The van der Waals surface area contributed by atoms with Crippen LogP contribution < -0.4 is 10.1 Å². The van der Waals surface area contributed by atoms with Gasteiger partial charge in [0.25, 0.3) is 11.7 Å². The van der Waals surface area contributed by atoms with Crippen molar-refractivity contribution in [3.05, 3.63) is 52.8 Å². The van der Waals surface area contributed by atoms with Crippen molar-refractivity contribution in [2.24, 2.45) is 28.8 Å². The van der Waals surface area contributed by atoms with Crippen LogP contribution in [0.25, 0.3) is 10.8 Å². The molecule has 9 atom stereocenters. The van der Waals surface area contributed by atoms with Gasteiger partial charge in [-0.1, -0.05) is 58.8 Å². The van der Waals surface area contributed by atoms with Gasteiger partial charge in [0.2, 0.25) is 0 Å². The summed E-state index contributed by atoms with van der Waals surface area (Å²) in [5.41, 5.74) is -0.233. The summed E-state index contributed by atoms with van der Waals surface area (Å²) in [6.07, 6.45) is 9.71. The molecule has 5 aliphatic rings. The molecular weight excluding hydrogens is 773 g/mol. The second kappa shape index (κ2) is 18.1. The van der Waals surface area contributed by atoms with Gasteiger partial charge in [-0.2, -0.15) is 5.10 Å². The number of rotatable bonds is 4. The molecule has 0 aromatic heterocycles. The van der Waals surface area contributed by atoms with Crippen LogP contribution in [0, 0.1) is 30.6 Å². The first-order valence-corrected chi connectivity index (χ1v) is 21.0. The minimum Gasteiger partial charge on any atom is -0.507 e. The molecule has 1 amide bonds. The zero-order chi connectivity index (χ0) is 43.8. The number of hydrazone groups is 1. The Morgan fingerprint density at radius 2 is 1.50 bits per heavy atom. The SMILES string of the molecule is CO[C@H]1/C=C\O[C@@]2(C)Oc3c(C)c(O)c4c(O)c(c(C=NN5CCN(C6CCCC6)CC5)c(O)c4c3C2=O)NC(=O)/C(C)=C\C=C[C@H](C)[C@H](O)[C@@H](C)[C@@H](O)[C@@H](C)[C@H](O)[C@H]1C. The molecule has 1 saturated heterocycles. The Hall–Kier alpha value is -4.67. The molecule has 1 aliphatic carbocycles. The van der Waals surface area contributed by atoms with Gasteiger partial charge in [-0.15, -0.1) is 0 Å². The van der Waals surface area contributed by atoms with Gasteiger partial charge in [0.15, 0.2) is 5.75 Å². The number of benzene rings is 2. The minimum atomic E-state index is -2.01. The molecule has 60 heavy (non-hydrogen) atoms. The fraction of sp³-hybridized carbons (Fsp3) is 0.578. The van der Waals surface area contributed by atoms with Crippen molar-refractivity contribution in [3.8, 4) is 23.0 Å². The van der Waals surface area contributed by atoms with E-state index >= 15 is 0 Å². The first-order valence-electron chi connectivity index (χ1n) is 21.0. The summed E-state index contributed by atoms with van der Waals surface area (Å²) in [6.45, 7) is 14.1. The van der Waals surface area contributed by atoms with E-state index in [1.54, 1.807) is 46.8 Å². The van der Waals surface area contributed by atoms with E-state index in [2.05, 4.69) is 15.3 Å². The molecule has 5 bridgehead atoms. The largest absolute Gasteiger partial charge is 0.507 e. The van der Waals surface area contributed by atoms with E-state index in [9.17, 15) is 40.2 Å². The molecule has 4 aliphatic heterocycles. The molecule has 2 fully saturated rings. The number of ether oxygens (including phenoxy) is 3. The Balaban J connectivity index is 1.46. The van der Waals surface area contributed by atoms with Crippen molar-refractivity contribution in [1.29, 1.82) is 0 Å². The van der Waals surface area contributed by atoms with Crippen molar-refractivity contribution in [2.45, 2.75) is 110 Å². The quantitative estimate of drug-likeness (QED) is 0.122. The lowest BCUT2D eigenvalue weighted by Gasteiger charge is -2.36. The zero-order valence-corrected chi connectivity index (χ0v) is 35.9. The summed E-state index contributed by atoms with van der Waals surface area (Å²) in [5, 5.41) is 78.4. The number of aromatic hydroxyl groups is 3. The lowest BCUT2D eigenvalue weighted by Crippen LogP contribution is -2.47. The maximum atomic E-state index is 14.4. The number of piperazine rings is 1. The summed E-state index contributed by atoms with van der Waals surface area (Å²) in [5.74, 6) is -7.52. The topological polar surface area (TPSA) is 214 Å². The molecule has 2 aromatic carbocycles. The van der Waals surface area contributed by atoms with Gasteiger partial charge in [-0.05, 0) is 32.8 Å². The Kier molecular flexibility index (Phi) is 13.6. The first-order chi connectivity index (χ1) is 28.4. The fourth-order valence-corrected chi connectivity index (χ4v) is 9.08. The van der Waals surface area contributed by atoms with Gasteiger partial charge in [-0.25, -0.2) is 0 Å². The number of nitrogens with zero attached hydrogens (tertiary/aromatic N) is 3. The Labute approximate surface area is 351 Å². The van der Waals surface area contributed by atoms with Crippen molar-refractivity contribution >= 4 is 34.4 Å². The third-order valence-electron chi connectivity index (χ3n) is 13.3. The number of amides is 1. The summed E-state index contributed by atoms with van der Waals surface area (Å²) in [6, 6.07) is 0.561. The fourth-order valence-electron chi connectivity index (χ4n) is 9.08. The van der Waals surface area contributed by atoms with E-state index in [1.807, 2.05) is 5.01 Å². The summed E-state index contributed by atoms with van der Waals surface area (Å²) >= 11 is 0. The second-order valence-corrected chi connectivity index (χ2v) is 17.2. The number of carbonyl (C=O) groups excluding carboxylic acids is 2. The number of phenols is 3. The second-order valence-electron chi connectivity index (χ2n) is 17.2. The van der Waals surface area contributed by atoms with E-state index in [4.69, 9.17) is 14.2 Å². The Morgan fingerprint density at radius 1 is 0.867 bits per heavy atom. The summed E-state index contributed by atoms with van der Waals surface area (Å²) in [7, 11) is 1.45. The number of phenolic OH excluding ortho intramolecular Hbond substituents is 3. The normalized spacial score (nSPS) is 33.0. The highest BCUT2D eigenvalue weighted by Crippen LogP contribution is 2.55. The van der Waals surface area contributed by atoms with Gasteiger partial charge >= 0.3 is 5.79 Å². The number of fused-ring (bicyclic) bond motifs is 14. The van der Waals surface area contributed by atoms with E-state index in [-0.39, 0.29) is 44.5 Å². The molecule has 7 rings (SSSR count). The standard InChI is InChI=1S/C45H62N4O11/c1-23-12-11-13-24(2)44(57)47-35-30(22-46-49-19-17-48(18-20-49)29-14-9-10-15-29)40(54)32-33(41(35)55)39(53)28(6)42-34(32)43(56)45(7,60-42)59-21-16-31(58-8)25(3)37(51)27(5)38(52)26(4)36(23)50/h11-13,16,21-23,25-27,29,31,36-38,50-55H,9-10,14-15,17-20H2,1-8H3,(H,47,57)/b12-11?,21-16-,24-13-,46-22?/t23-,25-,26+,27-,31-,36-,37+,38+,45-/m0/s1. The van der Waals surface area contributed by atoms with Gasteiger partial charge in [0.05, 0.1) is 59.1 Å². The maximum Gasteiger partial charge on any atom is 0.312 e. The average molecular weight is 835 g/mol. The molecule has 0 radical (unpaired) electrons. The molecular formula is C45H62N4O11. The molecule has 2 aromatic rings. The van der Waals surface area contributed by atoms with Crippen LogP contribution in [0.15, 0.2) is 41.2 Å². The number of nitrogens with one attached hydrogen (secondary N) is 1. The Bertz CT molecular complexity index is 2070. The molecule has 328 valence electrons. The van der Waals surface area contributed by atoms with E-state index < -0.39 is 82.8 Å². The monoisotopic (exact) mass is 834 g/mol. The average Bonchev–Trinajstić information content (AvgIpc) is 3.87. The molecule has 4 heterocycles. The third kappa shape index (κ3) is 8.47. The molecule has 0 unspecified atom stereocenters. The van der Waals surface area contributed by atoms with E-state index in [0.29, 0.717) is 19.1 Å². The zero-order valence-electron chi connectivity index (χ0n) is 35.9. The van der Waals surface area contributed by atoms with Crippen molar-refractivity contribution in [2.75, 3.05) is 38.6 Å². The lowest BCUT2D eigenvalue weighted by atomic mass is 9.78. The van der Waals surface area contributed by atoms with Crippen LogP contribution in [0.2, 0.25) is 0 Å². The number of allylic oxidation sites excluding steroid dienone is 2. The Morgan fingerprint density at radius 3 is 2.15 bits per heavy atom. The highest BCUT2D eigenvalue weighted by atomic mass is 16.7. The number of aliphatic hydroxyl groups excluding tert-OH is 3. The smallest absolute Gasteiger partial charge is 0.312 e. The minimum absolute atomic E-state index is 0.0742. The molecule has 7 N–H and O–H groups in total. The number of hydrogen-bond acceptors (Lipinski definition) is 14. The molecule has 15 heteroatoms. The number of anilines is 1. The number of Topliss-reactive ketones (excluding diaryl/α,β-unsaturated/α-hetero) is 1. The van der Waals surface area contributed by atoms with Crippen molar-refractivity contribution in [1.82, 2.24) is 9.91 Å². The van der Waals surface area contributed by atoms with Crippen LogP contribution in [0.3, 0.4) is 0 Å². The van der Waals surface area contributed by atoms with Gasteiger partial charge in [0.1, 0.15) is 17.2 Å². The molecule has 0 spiro atoms.